The maximum Gasteiger partial charge on any atom is 0.416 e. The van der Waals surface area contributed by atoms with Gasteiger partial charge in [0.1, 0.15) is 10.6 Å². The number of anilines is 1. The van der Waals surface area contributed by atoms with Gasteiger partial charge in [0, 0.05) is 10.6 Å². The number of carbonyl (C=O) groups excluding carboxylic acids is 1. The Bertz CT molecular complexity index is 1380. The molecular weight excluding hydrogens is 475 g/mol. The van der Waals surface area contributed by atoms with Crippen LogP contribution in [0.4, 0.5) is 18.9 Å². The van der Waals surface area contributed by atoms with Crippen molar-refractivity contribution in [2.24, 2.45) is 0 Å². The van der Waals surface area contributed by atoms with Crippen LogP contribution >= 0.6 is 23.1 Å². The van der Waals surface area contributed by atoms with Crippen molar-refractivity contribution in [1.29, 1.82) is 0 Å². The number of nitrogens with zero attached hydrogens (tertiary/aromatic N) is 2. The van der Waals surface area contributed by atoms with Gasteiger partial charge in [0.05, 0.1) is 29.5 Å². The van der Waals surface area contributed by atoms with E-state index < -0.39 is 17.6 Å². The van der Waals surface area contributed by atoms with Crippen molar-refractivity contribution < 1.29 is 22.4 Å². The lowest BCUT2D eigenvalue weighted by Crippen LogP contribution is -2.24. The van der Waals surface area contributed by atoms with E-state index >= 15 is 0 Å². The molecule has 0 saturated carbocycles. The van der Waals surface area contributed by atoms with Gasteiger partial charge in [0.2, 0.25) is 5.91 Å². The van der Waals surface area contributed by atoms with Gasteiger partial charge < -0.3 is 9.73 Å². The monoisotopic (exact) mass is 493 g/mol. The predicted molar refractivity (Wildman–Crippen MR) is 122 cm³/mol. The minimum absolute atomic E-state index is 0.0383. The Labute approximate surface area is 194 Å². The predicted octanol–water partition coefficient (Wildman–Crippen LogP) is 5.47. The van der Waals surface area contributed by atoms with Gasteiger partial charge in [-0.3, -0.25) is 14.2 Å². The number of aryl methyl sites for hydroxylation is 2. The molecule has 1 amide bonds. The number of amides is 1. The maximum absolute atomic E-state index is 13.2. The summed E-state index contributed by atoms with van der Waals surface area (Å²) in [5.41, 5.74) is -0.189. The first kappa shape index (κ1) is 23.1. The van der Waals surface area contributed by atoms with Crippen LogP contribution in [0.1, 0.15) is 21.8 Å². The number of hydrogen-bond donors (Lipinski definition) is 1. The van der Waals surface area contributed by atoms with Crippen molar-refractivity contribution in [1.82, 2.24) is 9.55 Å². The van der Waals surface area contributed by atoms with Crippen molar-refractivity contribution in [3.63, 3.8) is 0 Å². The van der Waals surface area contributed by atoms with Crippen LogP contribution in [0.5, 0.6) is 0 Å². The molecule has 33 heavy (non-hydrogen) atoms. The number of thiophene rings is 1. The van der Waals surface area contributed by atoms with Crippen molar-refractivity contribution >= 4 is 44.9 Å². The highest BCUT2D eigenvalue weighted by Gasteiger charge is 2.30. The normalized spacial score (nSPS) is 11.8. The summed E-state index contributed by atoms with van der Waals surface area (Å²) in [6.07, 6.45) is -3.00. The van der Waals surface area contributed by atoms with Crippen LogP contribution in [-0.4, -0.2) is 21.2 Å². The smallest absolute Gasteiger partial charge is 0.416 e. The molecule has 4 aromatic rings. The Balaban J connectivity index is 1.59. The van der Waals surface area contributed by atoms with Gasteiger partial charge in [-0.25, -0.2) is 4.98 Å². The average molecular weight is 494 g/mol. The van der Waals surface area contributed by atoms with Gasteiger partial charge in [-0.1, -0.05) is 17.8 Å². The molecule has 0 saturated heterocycles. The Morgan fingerprint density at radius 1 is 1.24 bits per heavy atom. The summed E-state index contributed by atoms with van der Waals surface area (Å²) in [6, 6.07) is 7.85. The summed E-state index contributed by atoms with van der Waals surface area (Å²) in [6.45, 7) is 3.91. The second kappa shape index (κ2) is 9.06. The Hall–Kier alpha value is -3.05. The lowest BCUT2D eigenvalue weighted by atomic mass is 10.2. The Kier molecular flexibility index (Phi) is 6.35. The highest BCUT2D eigenvalue weighted by atomic mass is 32.2. The number of halogens is 3. The molecule has 0 aliphatic rings. The van der Waals surface area contributed by atoms with Crippen LogP contribution in [0.15, 0.2) is 57.0 Å². The molecule has 0 aliphatic carbocycles. The first-order valence-corrected chi connectivity index (χ1v) is 11.6. The molecule has 0 radical (unpaired) electrons. The molecule has 4 rings (SSSR count). The van der Waals surface area contributed by atoms with E-state index in [1.54, 1.807) is 12.1 Å². The molecule has 3 heterocycles. The van der Waals surface area contributed by atoms with Crippen molar-refractivity contribution in [2.45, 2.75) is 31.7 Å². The Morgan fingerprint density at radius 3 is 2.73 bits per heavy atom. The second-order valence-electron chi connectivity index (χ2n) is 7.24. The third-order valence-electron chi connectivity index (χ3n) is 4.95. The summed E-state index contributed by atoms with van der Waals surface area (Å²) < 4.78 is 45.5. The zero-order valence-electron chi connectivity index (χ0n) is 17.5. The standard InChI is InChI=1S/C22H18F3N3O3S2/c1-12-13(2)33-19-18(12)20(30)28(10-16-7-4-8-31-16)21(27-19)32-11-17(29)26-15-6-3-5-14(9-15)22(23,24)25/h3-9H,10-11H2,1-2H3,(H,26,29). The largest absolute Gasteiger partial charge is 0.467 e. The van der Waals surface area contributed by atoms with E-state index in [2.05, 4.69) is 10.3 Å². The summed E-state index contributed by atoms with van der Waals surface area (Å²) >= 11 is 2.43. The summed E-state index contributed by atoms with van der Waals surface area (Å²) in [5, 5.41) is 3.32. The van der Waals surface area contributed by atoms with Gasteiger partial charge >= 0.3 is 6.18 Å². The number of alkyl halides is 3. The number of thioether (sulfide) groups is 1. The van der Waals surface area contributed by atoms with Crippen molar-refractivity contribution in [2.75, 3.05) is 11.1 Å². The highest BCUT2D eigenvalue weighted by Crippen LogP contribution is 2.31. The lowest BCUT2D eigenvalue weighted by molar-refractivity contribution is -0.137. The summed E-state index contributed by atoms with van der Waals surface area (Å²) in [5.74, 6) is -0.106. The van der Waals surface area contributed by atoms with Crippen molar-refractivity contribution in [3.05, 3.63) is 74.8 Å². The van der Waals surface area contributed by atoms with Crippen LogP contribution in [0.2, 0.25) is 0 Å². The third kappa shape index (κ3) is 4.98. The zero-order valence-corrected chi connectivity index (χ0v) is 19.2. The second-order valence-corrected chi connectivity index (χ2v) is 9.39. The van der Waals surface area contributed by atoms with Gasteiger partial charge in [0.25, 0.3) is 5.56 Å². The number of nitrogens with one attached hydrogen (secondary N) is 1. The number of carbonyl (C=O) groups is 1. The van der Waals surface area contributed by atoms with E-state index in [0.717, 1.165) is 34.3 Å². The molecule has 1 aromatic carbocycles. The van der Waals surface area contributed by atoms with E-state index in [-0.39, 0.29) is 23.5 Å². The first-order valence-electron chi connectivity index (χ1n) is 9.76. The molecular formula is C22H18F3N3O3S2. The highest BCUT2D eigenvalue weighted by molar-refractivity contribution is 7.99. The molecule has 11 heteroatoms. The topological polar surface area (TPSA) is 77.1 Å². The quantitative estimate of drug-likeness (QED) is 0.285. The van der Waals surface area contributed by atoms with Crippen LogP contribution < -0.4 is 10.9 Å². The number of furan rings is 1. The third-order valence-corrected chi connectivity index (χ3v) is 7.03. The number of aromatic nitrogens is 2. The SMILES string of the molecule is Cc1sc2nc(SCC(=O)Nc3cccc(C(F)(F)F)c3)n(Cc3ccco3)c(=O)c2c1C. The molecule has 6 nitrogen and oxygen atoms in total. The molecule has 3 aromatic heterocycles. The van der Waals surface area contributed by atoms with Crippen molar-refractivity contribution in [3.8, 4) is 0 Å². The number of benzene rings is 1. The molecule has 0 bridgehead atoms. The minimum Gasteiger partial charge on any atom is -0.467 e. The van der Waals surface area contributed by atoms with Crippen LogP contribution in [0, 0.1) is 13.8 Å². The van der Waals surface area contributed by atoms with E-state index in [4.69, 9.17) is 4.42 Å². The maximum atomic E-state index is 13.2. The van der Waals surface area contributed by atoms with Gasteiger partial charge in [0.15, 0.2) is 5.16 Å². The van der Waals surface area contributed by atoms with Crippen LogP contribution in [-0.2, 0) is 17.5 Å². The van der Waals surface area contributed by atoms with E-state index in [1.807, 2.05) is 13.8 Å². The zero-order chi connectivity index (χ0) is 23.8. The van der Waals surface area contributed by atoms with Gasteiger partial charge in [-0.05, 0) is 49.7 Å². The number of rotatable bonds is 6. The molecule has 0 spiro atoms. The van der Waals surface area contributed by atoms with Crippen LogP contribution in [0.25, 0.3) is 10.2 Å². The fraction of sp³-hybridized carbons (Fsp3) is 0.227. The van der Waals surface area contributed by atoms with Gasteiger partial charge in [-0.2, -0.15) is 13.2 Å². The minimum atomic E-state index is -4.51. The lowest BCUT2D eigenvalue weighted by Gasteiger charge is -2.12. The van der Waals surface area contributed by atoms with E-state index in [9.17, 15) is 22.8 Å². The summed E-state index contributed by atoms with van der Waals surface area (Å²) in [7, 11) is 0. The fourth-order valence-corrected chi connectivity index (χ4v) is 5.09. The molecule has 172 valence electrons. The number of hydrogen-bond acceptors (Lipinski definition) is 6. The molecule has 0 aliphatic heterocycles. The van der Waals surface area contributed by atoms with Crippen LogP contribution in [0.3, 0.4) is 0 Å². The molecule has 0 atom stereocenters. The molecule has 0 fully saturated rings. The molecule has 0 unspecified atom stereocenters. The first-order chi connectivity index (χ1) is 15.6. The molecule has 1 N–H and O–H groups in total. The van der Waals surface area contributed by atoms with E-state index in [1.165, 1.54) is 34.3 Å². The Morgan fingerprint density at radius 2 is 2.03 bits per heavy atom. The summed E-state index contributed by atoms with van der Waals surface area (Å²) in [4.78, 5) is 31.8. The fourth-order valence-electron chi connectivity index (χ4n) is 3.22. The van der Waals surface area contributed by atoms with E-state index in [0.29, 0.717) is 21.1 Å². The average Bonchev–Trinajstić information content (AvgIpc) is 3.36. The van der Waals surface area contributed by atoms with Gasteiger partial charge in [-0.15, -0.1) is 11.3 Å². The number of fused-ring (bicyclic) bond motifs is 1.